The van der Waals surface area contributed by atoms with Crippen molar-refractivity contribution < 1.29 is 52.9 Å². The third kappa shape index (κ3) is 6.88. The lowest BCUT2D eigenvalue weighted by atomic mass is 9.95. The van der Waals surface area contributed by atoms with Crippen LogP contribution in [0.3, 0.4) is 0 Å². The maximum Gasteiger partial charge on any atom is 0.351 e. The predicted octanol–water partition coefficient (Wildman–Crippen LogP) is -2.83. The number of carbonyl (C=O) groups excluding carboxylic acids is 3. The summed E-state index contributed by atoms with van der Waals surface area (Å²) in [6, 6.07) is -2.83. The largest absolute Gasteiger partial charge is 0.755 e. The zero-order valence-corrected chi connectivity index (χ0v) is 24.0. The average Bonchev–Trinajstić information content (AvgIpc) is 3.40. The van der Waals surface area contributed by atoms with Gasteiger partial charge in [0.2, 0.25) is 11.0 Å². The molecule has 2 saturated heterocycles. The van der Waals surface area contributed by atoms with Gasteiger partial charge < -0.3 is 51.2 Å². The summed E-state index contributed by atoms with van der Waals surface area (Å²) in [4.78, 5) is 71.1. The number of pyridine rings is 1. The lowest BCUT2D eigenvalue weighted by molar-refractivity contribution is -0.178. The number of nitrogens with zero attached hydrogens (tertiary/aromatic N) is 4. The molecule has 4 heterocycles. The Hall–Kier alpha value is -4.80. The number of aromatic hydroxyl groups is 1. The zero-order chi connectivity index (χ0) is 32.2. The first-order chi connectivity index (χ1) is 20.8. The summed E-state index contributed by atoms with van der Waals surface area (Å²) in [5.74, 6) is -4.20. The van der Waals surface area contributed by atoms with Crippen LogP contribution < -0.4 is 27.1 Å². The molecule has 0 bridgehead atoms. The molecule has 2 fully saturated rings. The highest BCUT2D eigenvalue weighted by Gasteiger charge is 2.50. The summed E-state index contributed by atoms with van der Waals surface area (Å²) in [6.07, 6.45) is 0.564. The molecule has 0 aliphatic carbocycles. The number of nitrogen functional groups attached to an aromatic ring is 1. The quantitative estimate of drug-likeness (QED) is 0.0421. The number of carboxylic acids is 1. The maximum absolute atomic E-state index is 13.3. The lowest BCUT2D eigenvalue weighted by Gasteiger charge is -2.47. The average molecular weight is 658 g/mol. The molecule has 3 unspecified atom stereocenters. The minimum Gasteiger partial charge on any atom is -0.755 e. The van der Waals surface area contributed by atoms with Crippen LogP contribution in [0.2, 0.25) is 0 Å². The number of amides is 4. The van der Waals surface area contributed by atoms with E-state index in [1.807, 2.05) is 0 Å². The molecular formula is C22H25N8O12S2-. The van der Waals surface area contributed by atoms with Gasteiger partial charge in [-0.2, -0.15) is 4.73 Å². The van der Waals surface area contributed by atoms with Gasteiger partial charge in [0.25, 0.3) is 11.8 Å². The fraction of sp³-hybridized carbons (Fsp3) is 0.409. The van der Waals surface area contributed by atoms with Crippen LogP contribution in [0.5, 0.6) is 5.75 Å². The number of carbonyl (C=O) groups is 4. The molecule has 8 N–H and O–H groups in total. The maximum atomic E-state index is 13.3. The number of β-lactam (4-membered cyclic amide) rings is 1. The Balaban J connectivity index is 1.46. The number of nitrogens with one attached hydrogen (secondary N) is 3. The van der Waals surface area contributed by atoms with Crippen molar-refractivity contribution in [3.05, 3.63) is 39.3 Å². The first-order valence-electron chi connectivity index (χ1n) is 12.5. The number of carboxylic acid groups (broad SMARTS) is 1. The van der Waals surface area contributed by atoms with Gasteiger partial charge in [-0.05, 0) is 0 Å². The van der Waals surface area contributed by atoms with E-state index >= 15 is 0 Å². The molecule has 20 nitrogen and oxygen atoms in total. The van der Waals surface area contributed by atoms with Crippen molar-refractivity contribution in [1.29, 1.82) is 0 Å². The SMILES string of the molecule is Nc1nc(C(=NOC2(C(=O)O)CCOCC2)C(=O)NC2C(=O)N(S(=O)[O-])C2CNC(=O)NCc2cc(=O)c(O)cn2O)cs1. The second-order valence-corrected chi connectivity index (χ2v) is 11.1. The van der Waals surface area contributed by atoms with Crippen LogP contribution in [-0.2, 0) is 41.8 Å². The Kier molecular flexibility index (Phi) is 9.66. The summed E-state index contributed by atoms with van der Waals surface area (Å²) in [7, 11) is 0. The Morgan fingerprint density at radius 3 is 2.61 bits per heavy atom. The number of rotatable bonds is 11. The van der Waals surface area contributed by atoms with E-state index in [4.69, 9.17) is 15.3 Å². The van der Waals surface area contributed by atoms with Gasteiger partial charge in [-0.1, -0.05) is 5.16 Å². The summed E-state index contributed by atoms with van der Waals surface area (Å²) < 4.78 is 29.3. The minimum atomic E-state index is -3.08. The van der Waals surface area contributed by atoms with Gasteiger partial charge in [0.15, 0.2) is 16.6 Å². The lowest BCUT2D eigenvalue weighted by Crippen LogP contribution is -2.74. The van der Waals surface area contributed by atoms with Crippen molar-refractivity contribution in [1.82, 2.24) is 30.0 Å². The van der Waals surface area contributed by atoms with Crippen LogP contribution >= 0.6 is 11.3 Å². The van der Waals surface area contributed by atoms with Gasteiger partial charge in [0, 0.05) is 30.8 Å². The van der Waals surface area contributed by atoms with Crippen molar-refractivity contribution in [2.24, 2.45) is 5.16 Å². The molecule has 44 heavy (non-hydrogen) atoms. The van der Waals surface area contributed by atoms with Crippen molar-refractivity contribution in [2.45, 2.75) is 37.1 Å². The number of aromatic nitrogens is 2. The summed E-state index contributed by atoms with van der Waals surface area (Å²) in [5.41, 5.74) is 2.29. The smallest absolute Gasteiger partial charge is 0.351 e. The Morgan fingerprint density at radius 2 is 2.00 bits per heavy atom. The highest BCUT2D eigenvalue weighted by atomic mass is 32.2. The monoisotopic (exact) mass is 657 g/mol. The third-order valence-corrected chi connectivity index (χ3v) is 8.03. The second kappa shape index (κ2) is 13.2. The van der Waals surface area contributed by atoms with Gasteiger partial charge in [0.05, 0.1) is 49.0 Å². The highest BCUT2D eigenvalue weighted by molar-refractivity contribution is 7.77. The first-order valence-corrected chi connectivity index (χ1v) is 14.4. The number of hydrogen-bond donors (Lipinski definition) is 7. The van der Waals surface area contributed by atoms with Crippen LogP contribution in [0.15, 0.2) is 27.6 Å². The molecule has 2 aromatic rings. The zero-order valence-electron chi connectivity index (χ0n) is 22.3. The molecule has 22 heteroatoms. The number of ether oxygens (including phenoxy) is 1. The summed E-state index contributed by atoms with van der Waals surface area (Å²) in [5, 5.41) is 40.8. The topological polar surface area (TPSA) is 300 Å². The number of thiazole rings is 1. The van der Waals surface area contributed by atoms with Gasteiger partial charge in [-0.15, -0.1) is 11.3 Å². The minimum absolute atomic E-state index is 0.0331. The molecule has 0 saturated carbocycles. The van der Waals surface area contributed by atoms with Crippen LogP contribution in [-0.4, -0.2) is 105 Å². The molecule has 2 aromatic heterocycles. The van der Waals surface area contributed by atoms with Crippen molar-refractivity contribution in [3.63, 3.8) is 0 Å². The van der Waals surface area contributed by atoms with Crippen molar-refractivity contribution in [2.75, 3.05) is 25.5 Å². The molecule has 3 atom stereocenters. The number of urea groups is 1. The van der Waals surface area contributed by atoms with Gasteiger partial charge in [-0.3, -0.25) is 22.9 Å². The van der Waals surface area contributed by atoms with E-state index in [0.29, 0.717) is 9.04 Å². The van der Waals surface area contributed by atoms with Crippen LogP contribution in [0.4, 0.5) is 9.93 Å². The van der Waals surface area contributed by atoms with Gasteiger partial charge >= 0.3 is 12.0 Å². The molecule has 0 spiro atoms. The summed E-state index contributed by atoms with van der Waals surface area (Å²) >= 11 is -2.15. The number of oxime groups is 1. The van der Waals surface area contributed by atoms with Crippen LogP contribution in [0, 0.1) is 0 Å². The molecule has 0 aromatic carbocycles. The van der Waals surface area contributed by atoms with E-state index < -0.39 is 76.2 Å². The Morgan fingerprint density at radius 1 is 1.30 bits per heavy atom. The first kappa shape index (κ1) is 32.1. The van der Waals surface area contributed by atoms with E-state index in [1.165, 1.54) is 5.38 Å². The molecule has 0 radical (unpaired) electrons. The second-order valence-electron chi connectivity index (χ2n) is 9.34. The molecular weight excluding hydrogens is 632 g/mol. The molecule has 2 aliphatic heterocycles. The van der Waals surface area contributed by atoms with E-state index in [0.717, 1.165) is 23.6 Å². The van der Waals surface area contributed by atoms with Crippen LogP contribution in [0.25, 0.3) is 0 Å². The third-order valence-electron chi connectivity index (χ3n) is 6.59. The number of nitrogens with two attached hydrogens (primary N) is 1. The fourth-order valence-electron chi connectivity index (χ4n) is 4.17. The molecule has 2 aliphatic rings. The number of aliphatic carboxylic acids is 1. The van der Waals surface area contributed by atoms with E-state index in [9.17, 15) is 48.2 Å². The van der Waals surface area contributed by atoms with Crippen molar-refractivity contribution in [3.8, 4) is 5.75 Å². The number of anilines is 1. The van der Waals surface area contributed by atoms with E-state index in [2.05, 4.69) is 26.1 Å². The van der Waals surface area contributed by atoms with E-state index in [1.54, 1.807) is 0 Å². The van der Waals surface area contributed by atoms with Crippen molar-refractivity contribution >= 4 is 57.3 Å². The normalized spacial score (nSPS) is 20.2. The summed E-state index contributed by atoms with van der Waals surface area (Å²) in [6.45, 7) is -0.766. The standard InChI is InChI=1S/C22H26N8O12S2/c23-20-26-11(9-43-20)15(28-42-22(19(35)36)1-3-41-4-2-22)17(33)27-16-12(30(18(16)34)44(39)40)7-25-21(37)24-6-10-5-13(31)14(32)8-29(10)38/h5,8-9,12,16,32,38H,1-4,6-7H2,(H2,23,26)(H,27,33)(H,35,36)(H,39,40)(H2,24,25,37)/p-1. The molecule has 4 amide bonds. The fourth-order valence-corrected chi connectivity index (χ4v) is 5.39. The Labute approximate surface area is 252 Å². The van der Waals surface area contributed by atoms with Crippen LogP contribution in [0.1, 0.15) is 24.2 Å². The van der Waals surface area contributed by atoms with E-state index in [-0.39, 0.29) is 49.1 Å². The Bertz CT molecular complexity index is 1570. The highest BCUT2D eigenvalue weighted by Crippen LogP contribution is 2.27. The van der Waals surface area contributed by atoms with Gasteiger partial charge in [0.1, 0.15) is 11.7 Å². The predicted molar refractivity (Wildman–Crippen MR) is 146 cm³/mol. The molecule has 4 rings (SSSR count). The van der Waals surface area contributed by atoms with Gasteiger partial charge in [-0.25, -0.2) is 14.6 Å². The molecule has 238 valence electrons. The number of hydrogen-bond acceptors (Lipinski definition) is 15.